The fourth-order valence-corrected chi connectivity index (χ4v) is 2.25. The summed E-state index contributed by atoms with van der Waals surface area (Å²) in [5.41, 5.74) is 2.22. The number of hydrogen-bond acceptors (Lipinski definition) is 3. The molecule has 0 bridgehead atoms. The van der Waals surface area contributed by atoms with E-state index >= 15 is 0 Å². The van der Waals surface area contributed by atoms with E-state index in [1.54, 1.807) is 7.05 Å². The molecule has 0 unspecified atom stereocenters. The average Bonchev–Trinajstić information content (AvgIpc) is 2.50. The molecule has 0 saturated heterocycles. The Hall–Kier alpha value is -1.57. The van der Waals surface area contributed by atoms with Gasteiger partial charge in [-0.25, -0.2) is 4.98 Å². The Balaban J connectivity index is 0.00000264. The third kappa shape index (κ3) is 5.23. The number of halogens is 1. The molecule has 0 atom stereocenters. The van der Waals surface area contributed by atoms with E-state index in [0.29, 0.717) is 12.6 Å². The van der Waals surface area contributed by atoms with Gasteiger partial charge in [0.2, 0.25) is 0 Å². The highest BCUT2D eigenvalue weighted by Crippen LogP contribution is 2.21. The zero-order chi connectivity index (χ0) is 16.1. The summed E-state index contributed by atoms with van der Waals surface area (Å²) in [4.78, 5) is 11.0. The standard InChI is InChI=1S/C17H25N5.HI/c1-12(2)20-17(18-3)19-11-13-10-16(22(4)5)21-15-9-7-6-8-14(13)15;/h6-10,12H,11H2,1-5H3,(H2,18,19,20);1H. The SMILES string of the molecule is CN=C(NCc1cc(N(C)C)nc2ccccc12)NC(C)C.I. The molecule has 0 radical (unpaired) electrons. The number of nitrogens with one attached hydrogen (secondary N) is 2. The van der Waals surface area contributed by atoms with Crippen molar-refractivity contribution in [3.8, 4) is 0 Å². The van der Waals surface area contributed by atoms with Crippen molar-refractivity contribution in [2.75, 3.05) is 26.0 Å². The maximum Gasteiger partial charge on any atom is 0.191 e. The van der Waals surface area contributed by atoms with Gasteiger partial charge in [0.25, 0.3) is 0 Å². The Morgan fingerprint density at radius 1 is 1.26 bits per heavy atom. The summed E-state index contributed by atoms with van der Waals surface area (Å²) in [6.45, 7) is 4.90. The van der Waals surface area contributed by atoms with Crippen LogP contribution in [0.2, 0.25) is 0 Å². The number of benzene rings is 1. The Kier molecular flexibility index (Phi) is 7.54. The van der Waals surface area contributed by atoms with Crippen LogP contribution in [0.3, 0.4) is 0 Å². The molecule has 1 aromatic carbocycles. The lowest BCUT2D eigenvalue weighted by molar-refractivity contribution is 0.700. The third-order valence-electron chi connectivity index (χ3n) is 3.34. The highest BCUT2D eigenvalue weighted by Gasteiger charge is 2.08. The molecule has 0 spiro atoms. The van der Waals surface area contributed by atoms with Crippen LogP contribution in [0, 0.1) is 0 Å². The second-order valence-corrected chi connectivity index (χ2v) is 5.78. The van der Waals surface area contributed by atoms with Crippen LogP contribution in [0.15, 0.2) is 35.3 Å². The van der Waals surface area contributed by atoms with Gasteiger partial charge >= 0.3 is 0 Å². The van der Waals surface area contributed by atoms with Crippen LogP contribution < -0.4 is 15.5 Å². The molecule has 23 heavy (non-hydrogen) atoms. The van der Waals surface area contributed by atoms with Crippen LogP contribution in [0.5, 0.6) is 0 Å². The summed E-state index contributed by atoms with van der Waals surface area (Å²) in [7, 11) is 5.80. The second-order valence-electron chi connectivity index (χ2n) is 5.78. The molecule has 6 heteroatoms. The Bertz CT molecular complexity index is 667. The molecule has 2 aromatic rings. The van der Waals surface area contributed by atoms with Gasteiger partial charge in [0.05, 0.1) is 5.52 Å². The maximum atomic E-state index is 4.68. The number of pyridine rings is 1. The first-order valence-electron chi connectivity index (χ1n) is 7.54. The van der Waals surface area contributed by atoms with Crippen LogP contribution in [-0.4, -0.2) is 38.1 Å². The zero-order valence-electron chi connectivity index (χ0n) is 14.4. The van der Waals surface area contributed by atoms with Gasteiger partial charge in [-0.1, -0.05) is 18.2 Å². The normalized spacial score (nSPS) is 11.3. The molecule has 1 aromatic heterocycles. The highest BCUT2D eigenvalue weighted by atomic mass is 127. The molecule has 0 amide bonds. The number of fused-ring (bicyclic) bond motifs is 1. The van der Waals surface area contributed by atoms with Crippen LogP contribution in [-0.2, 0) is 6.54 Å². The molecular weight excluding hydrogens is 401 g/mol. The van der Waals surface area contributed by atoms with E-state index in [1.807, 2.05) is 37.2 Å². The predicted octanol–water partition coefficient (Wildman–Crippen LogP) is 2.99. The first-order valence-corrected chi connectivity index (χ1v) is 7.54. The largest absolute Gasteiger partial charge is 0.363 e. The van der Waals surface area contributed by atoms with Gasteiger partial charge in [0, 0.05) is 39.1 Å². The van der Waals surface area contributed by atoms with Crippen LogP contribution in [0.4, 0.5) is 5.82 Å². The van der Waals surface area contributed by atoms with Crippen molar-refractivity contribution in [1.82, 2.24) is 15.6 Å². The summed E-state index contributed by atoms with van der Waals surface area (Å²) < 4.78 is 0. The summed E-state index contributed by atoms with van der Waals surface area (Å²) in [6.07, 6.45) is 0. The van der Waals surface area contributed by atoms with E-state index in [2.05, 4.69) is 46.6 Å². The molecule has 0 aliphatic rings. The molecule has 1 heterocycles. The number of hydrogen-bond donors (Lipinski definition) is 2. The molecular formula is C17H26IN5. The molecule has 0 saturated carbocycles. The van der Waals surface area contributed by atoms with Gasteiger partial charge < -0.3 is 15.5 Å². The molecule has 0 aliphatic heterocycles. The van der Waals surface area contributed by atoms with Crippen molar-refractivity contribution in [3.63, 3.8) is 0 Å². The van der Waals surface area contributed by atoms with Crippen molar-refractivity contribution >= 4 is 46.7 Å². The van der Waals surface area contributed by atoms with Gasteiger partial charge in [-0.2, -0.15) is 0 Å². The Labute approximate surface area is 155 Å². The number of anilines is 1. The number of aromatic nitrogens is 1. The lowest BCUT2D eigenvalue weighted by atomic mass is 10.1. The molecule has 2 rings (SSSR count). The monoisotopic (exact) mass is 427 g/mol. The Morgan fingerprint density at radius 3 is 2.57 bits per heavy atom. The van der Waals surface area contributed by atoms with Crippen LogP contribution >= 0.6 is 24.0 Å². The summed E-state index contributed by atoms with van der Waals surface area (Å²) >= 11 is 0. The van der Waals surface area contributed by atoms with E-state index in [4.69, 9.17) is 0 Å². The van der Waals surface area contributed by atoms with Gasteiger partial charge in [0.15, 0.2) is 5.96 Å². The third-order valence-corrected chi connectivity index (χ3v) is 3.34. The highest BCUT2D eigenvalue weighted by molar-refractivity contribution is 14.0. The lowest BCUT2D eigenvalue weighted by Gasteiger charge is -2.17. The maximum absolute atomic E-state index is 4.68. The average molecular weight is 427 g/mol. The molecule has 126 valence electrons. The number of rotatable bonds is 4. The van der Waals surface area contributed by atoms with Gasteiger partial charge in [-0.3, -0.25) is 4.99 Å². The number of guanidine groups is 1. The van der Waals surface area contributed by atoms with E-state index in [1.165, 1.54) is 10.9 Å². The first kappa shape index (κ1) is 19.5. The second kappa shape index (κ2) is 8.90. The van der Waals surface area contributed by atoms with Gasteiger partial charge in [0.1, 0.15) is 5.82 Å². The smallest absolute Gasteiger partial charge is 0.191 e. The van der Waals surface area contributed by atoms with E-state index < -0.39 is 0 Å². The van der Waals surface area contributed by atoms with Crippen molar-refractivity contribution in [2.45, 2.75) is 26.4 Å². The fraction of sp³-hybridized carbons (Fsp3) is 0.412. The minimum Gasteiger partial charge on any atom is -0.363 e. The summed E-state index contributed by atoms with van der Waals surface area (Å²) in [6, 6.07) is 10.7. The minimum atomic E-state index is 0. The molecule has 2 N–H and O–H groups in total. The Morgan fingerprint density at radius 2 is 1.96 bits per heavy atom. The molecule has 0 fully saturated rings. The van der Waals surface area contributed by atoms with Gasteiger partial charge in [-0.05, 0) is 31.5 Å². The quantitative estimate of drug-likeness (QED) is 0.448. The van der Waals surface area contributed by atoms with Crippen molar-refractivity contribution in [2.24, 2.45) is 4.99 Å². The fourth-order valence-electron chi connectivity index (χ4n) is 2.25. The number of para-hydroxylation sites is 1. The number of nitrogens with zero attached hydrogens (tertiary/aromatic N) is 3. The topological polar surface area (TPSA) is 52.6 Å². The molecule has 5 nitrogen and oxygen atoms in total. The van der Waals surface area contributed by atoms with Crippen LogP contribution in [0.25, 0.3) is 10.9 Å². The summed E-state index contributed by atoms with van der Waals surface area (Å²) in [5.74, 6) is 1.77. The van der Waals surface area contributed by atoms with Crippen molar-refractivity contribution in [3.05, 3.63) is 35.9 Å². The van der Waals surface area contributed by atoms with Crippen molar-refractivity contribution in [1.29, 1.82) is 0 Å². The predicted molar refractivity (Wildman–Crippen MR) is 110 cm³/mol. The molecule has 0 aliphatic carbocycles. The van der Waals surface area contributed by atoms with Crippen LogP contribution in [0.1, 0.15) is 19.4 Å². The van der Waals surface area contributed by atoms with Crippen molar-refractivity contribution < 1.29 is 0 Å². The number of aliphatic imine (C=N–C) groups is 1. The first-order chi connectivity index (χ1) is 10.5. The summed E-state index contributed by atoms with van der Waals surface area (Å²) in [5, 5.41) is 7.83. The van der Waals surface area contributed by atoms with E-state index in [-0.39, 0.29) is 24.0 Å². The van der Waals surface area contributed by atoms with Gasteiger partial charge in [-0.15, -0.1) is 24.0 Å². The van der Waals surface area contributed by atoms with E-state index in [9.17, 15) is 0 Å². The van der Waals surface area contributed by atoms with E-state index in [0.717, 1.165) is 17.3 Å². The minimum absolute atomic E-state index is 0. The lowest BCUT2D eigenvalue weighted by Crippen LogP contribution is -2.40. The zero-order valence-corrected chi connectivity index (χ0v) is 16.8.